The third-order valence-corrected chi connectivity index (χ3v) is 3.73. The van der Waals surface area contributed by atoms with Crippen LogP contribution in [0.2, 0.25) is 5.02 Å². The molecule has 0 saturated carbocycles. The van der Waals surface area contributed by atoms with E-state index < -0.39 is 10.0 Å². The number of benzene rings is 1. The van der Waals surface area contributed by atoms with Gasteiger partial charge in [-0.15, -0.1) is 0 Å². The molecule has 0 spiro atoms. The van der Waals surface area contributed by atoms with Crippen molar-refractivity contribution in [2.75, 3.05) is 13.2 Å². The number of rotatable bonds is 6. The molecule has 1 rings (SSSR count). The summed E-state index contributed by atoms with van der Waals surface area (Å²) in [5.74, 6) is 0. The predicted octanol–water partition coefficient (Wildman–Crippen LogP) is 1.39. The second-order valence-electron chi connectivity index (χ2n) is 3.28. The van der Waals surface area contributed by atoms with Crippen LogP contribution < -0.4 is 4.72 Å². The van der Waals surface area contributed by atoms with E-state index in [0.717, 1.165) is 0 Å². The van der Waals surface area contributed by atoms with Crippen molar-refractivity contribution in [2.24, 2.45) is 0 Å². The molecule has 0 aliphatic rings. The van der Waals surface area contributed by atoms with Crippen molar-refractivity contribution in [3.63, 3.8) is 0 Å². The van der Waals surface area contributed by atoms with Crippen LogP contribution in [0.4, 0.5) is 0 Å². The van der Waals surface area contributed by atoms with Crippen LogP contribution >= 0.6 is 11.6 Å². The van der Waals surface area contributed by atoms with Gasteiger partial charge in [0.1, 0.15) is 0 Å². The fraction of sp³-hybridized carbons (Fsp3) is 0.400. The van der Waals surface area contributed by atoms with E-state index in [1.54, 1.807) is 0 Å². The average molecular weight is 264 g/mol. The van der Waals surface area contributed by atoms with E-state index >= 15 is 0 Å². The Morgan fingerprint density at radius 3 is 2.38 bits per heavy atom. The van der Waals surface area contributed by atoms with Crippen molar-refractivity contribution < 1.29 is 13.5 Å². The molecule has 16 heavy (non-hydrogen) atoms. The Morgan fingerprint density at radius 1 is 1.19 bits per heavy atom. The molecule has 0 heterocycles. The fourth-order valence-corrected chi connectivity index (χ4v) is 2.34. The highest BCUT2D eigenvalue weighted by Crippen LogP contribution is 2.13. The van der Waals surface area contributed by atoms with E-state index in [2.05, 4.69) is 4.72 Å². The minimum Gasteiger partial charge on any atom is -0.396 e. The summed E-state index contributed by atoms with van der Waals surface area (Å²) in [6.45, 7) is 0.397. The Morgan fingerprint density at radius 2 is 1.81 bits per heavy atom. The number of aliphatic hydroxyl groups is 1. The molecule has 0 bridgehead atoms. The van der Waals surface area contributed by atoms with Crippen LogP contribution in [0, 0.1) is 0 Å². The molecule has 1 aromatic rings. The van der Waals surface area contributed by atoms with Gasteiger partial charge in [-0.2, -0.15) is 0 Å². The maximum absolute atomic E-state index is 11.7. The molecule has 90 valence electrons. The van der Waals surface area contributed by atoms with E-state index in [-0.39, 0.29) is 11.5 Å². The first kappa shape index (κ1) is 13.4. The van der Waals surface area contributed by atoms with E-state index in [9.17, 15) is 8.42 Å². The lowest BCUT2D eigenvalue weighted by Gasteiger charge is -2.06. The fourth-order valence-electron chi connectivity index (χ4n) is 1.14. The molecule has 0 aromatic heterocycles. The predicted molar refractivity (Wildman–Crippen MR) is 63.0 cm³/mol. The van der Waals surface area contributed by atoms with Gasteiger partial charge < -0.3 is 5.11 Å². The lowest BCUT2D eigenvalue weighted by Crippen LogP contribution is -2.24. The van der Waals surface area contributed by atoms with Gasteiger partial charge in [0, 0.05) is 18.2 Å². The zero-order valence-electron chi connectivity index (χ0n) is 8.69. The van der Waals surface area contributed by atoms with Gasteiger partial charge in [-0.25, -0.2) is 13.1 Å². The molecule has 0 atom stereocenters. The average Bonchev–Trinajstić information content (AvgIpc) is 2.25. The lowest BCUT2D eigenvalue weighted by molar-refractivity contribution is 0.285. The highest BCUT2D eigenvalue weighted by Gasteiger charge is 2.12. The minimum absolute atomic E-state index is 0.0721. The maximum Gasteiger partial charge on any atom is 0.240 e. The van der Waals surface area contributed by atoms with Gasteiger partial charge in [0.2, 0.25) is 10.0 Å². The van der Waals surface area contributed by atoms with Gasteiger partial charge in [-0.05, 0) is 37.1 Å². The van der Waals surface area contributed by atoms with Gasteiger partial charge >= 0.3 is 0 Å². The van der Waals surface area contributed by atoms with Crippen molar-refractivity contribution in [2.45, 2.75) is 17.7 Å². The van der Waals surface area contributed by atoms with E-state index in [4.69, 9.17) is 16.7 Å². The van der Waals surface area contributed by atoms with Crippen LogP contribution in [0.15, 0.2) is 29.2 Å². The molecule has 2 N–H and O–H groups in total. The van der Waals surface area contributed by atoms with Crippen LogP contribution in [0.5, 0.6) is 0 Å². The number of unbranched alkanes of at least 4 members (excludes halogenated alkanes) is 1. The number of nitrogens with one attached hydrogen (secondary N) is 1. The zero-order valence-corrected chi connectivity index (χ0v) is 10.3. The first-order valence-corrected chi connectivity index (χ1v) is 6.78. The molecule has 0 amide bonds. The molecule has 1 aromatic carbocycles. The number of aliphatic hydroxyl groups excluding tert-OH is 1. The van der Waals surface area contributed by atoms with Gasteiger partial charge in [0.15, 0.2) is 0 Å². The molecule has 6 heteroatoms. The van der Waals surface area contributed by atoms with E-state index in [1.807, 2.05) is 0 Å². The van der Waals surface area contributed by atoms with E-state index in [1.165, 1.54) is 24.3 Å². The van der Waals surface area contributed by atoms with Crippen molar-refractivity contribution in [1.29, 1.82) is 0 Å². The summed E-state index contributed by atoms with van der Waals surface area (Å²) in [7, 11) is -3.45. The molecule has 0 fully saturated rings. The summed E-state index contributed by atoms with van der Waals surface area (Å²) in [5, 5.41) is 9.05. The van der Waals surface area contributed by atoms with Gasteiger partial charge in [0.05, 0.1) is 4.90 Å². The van der Waals surface area contributed by atoms with Crippen molar-refractivity contribution in [3.05, 3.63) is 29.3 Å². The number of hydrogen-bond donors (Lipinski definition) is 2. The van der Waals surface area contributed by atoms with Crippen molar-refractivity contribution >= 4 is 21.6 Å². The molecular formula is C10H14ClNO3S. The largest absolute Gasteiger partial charge is 0.396 e. The number of halogens is 1. The van der Waals surface area contributed by atoms with Crippen LogP contribution in [0.3, 0.4) is 0 Å². The topological polar surface area (TPSA) is 66.4 Å². The third kappa shape index (κ3) is 4.09. The molecule has 0 saturated heterocycles. The standard InChI is InChI=1S/C10H14ClNO3S/c11-9-3-5-10(6-4-9)16(14,15)12-7-1-2-8-13/h3-6,12-13H,1-2,7-8H2. The Labute approximate surface area is 100 Å². The molecule has 0 unspecified atom stereocenters. The maximum atomic E-state index is 11.7. The monoisotopic (exact) mass is 263 g/mol. The van der Waals surface area contributed by atoms with Crippen LogP contribution in [0.25, 0.3) is 0 Å². The molecular weight excluding hydrogens is 250 g/mol. The summed E-state index contributed by atoms with van der Waals surface area (Å²) < 4.78 is 25.8. The Kier molecular flexibility index (Phi) is 5.21. The van der Waals surface area contributed by atoms with Crippen molar-refractivity contribution in [1.82, 2.24) is 4.72 Å². The number of sulfonamides is 1. The SMILES string of the molecule is O=S(=O)(NCCCCO)c1ccc(Cl)cc1. The molecule has 0 radical (unpaired) electrons. The normalized spacial score (nSPS) is 11.6. The Balaban J connectivity index is 2.60. The smallest absolute Gasteiger partial charge is 0.240 e. The summed E-state index contributed by atoms with van der Waals surface area (Å²) >= 11 is 5.66. The third-order valence-electron chi connectivity index (χ3n) is 2.00. The van der Waals surface area contributed by atoms with Crippen LogP contribution in [0.1, 0.15) is 12.8 Å². The van der Waals surface area contributed by atoms with Gasteiger partial charge in [-0.3, -0.25) is 0 Å². The summed E-state index contributed by atoms with van der Waals surface area (Å²) in [4.78, 5) is 0.195. The zero-order chi connectivity index (χ0) is 12.0. The lowest BCUT2D eigenvalue weighted by atomic mass is 10.3. The number of hydrogen-bond acceptors (Lipinski definition) is 3. The summed E-state index contributed by atoms with van der Waals surface area (Å²) in [6.07, 6.45) is 1.20. The highest BCUT2D eigenvalue weighted by atomic mass is 35.5. The van der Waals surface area contributed by atoms with Gasteiger partial charge in [-0.1, -0.05) is 11.6 Å². The first-order chi connectivity index (χ1) is 7.56. The summed E-state index contributed by atoms with van der Waals surface area (Å²) in [5.41, 5.74) is 0. The van der Waals surface area contributed by atoms with Gasteiger partial charge in [0.25, 0.3) is 0 Å². The Bertz CT molecular complexity index is 416. The van der Waals surface area contributed by atoms with Crippen molar-refractivity contribution in [3.8, 4) is 0 Å². The highest BCUT2D eigenvalue weighted by molar-refractivity contribution is 7.89. The van der Waals surface area contributed by atoms with Crippen LogP contribution in [-0.4, -0.2) is 26.7 Å². The second kappa shape index (κ2) is 6.20. The molecule has 0 aliphatic heterocycles. The quantitative estimate of drug-likeness (QED) is 0.763. The summed E-state index contributed by atoms with van der Waals surface area (Å²) in [6, 6.07) is 5.97. The molecule has 0 aliphatic carbocycles. The van der Waals surface area contributed by atoms with Crippen LogP contribution in [-0.2, 0) is 10.0 Å². The minimum atomic E-state index is -3.45. The molecule has 4 nitrogen and oxygen atoms in total. The first-order valence-electron chi connectivity index (χ1n) is 4.92. The Hall–Kier alpha value is -0.620. The second-order valence-corrected chi connectivity index (χ2v) is 5.49. The van der Waals surface area contributed by atoms with E-state index in [0.29, 0.717) is 24.4 Å².